The molecular formula is C34H44N6O3. The summed E-state index contributed by atoms with van der Waals surface area (Å²) in [5.74, 6) is 1.64. The lowest BCUT2D eigenvalue weighted by Crippen LogP contribution is -2.47. The van der Waals surface area contributed by atoms with E-state index in [0.29, 0.717) is 39.2 Å². The molecule has 1 N–H and O–H groups in total. The van der Waals surface area contributed by atoms with E-state index in [1.54, 1.807) is 17.3 Å². The number of hydrogen-bond donors (Lipinski definition) is 1. The molecule has 2 amide bonds. The number of nitrogens with one attached hydrogen (secondary N) is 1. The molecular weight excluding hydrogens is 540 g/mol. The van der Waals surface area contributed by atoms with Gasteiger partial charge in [0.15, 0.2) is 0 Å². The van der Waals surface area contributed by atoms with Crippen molar-refractivity contribution in [3.8, 4) is 5.75 Å². The smallest absolute Gasteiger partial charge is 0.236 e. The maximum absolute atomic E-state index is 13.2. The Morgan fingerprint density at radius 3 is 2.81 bits per heavy atom. The summed E-state index contributed by atoms with van der Waals surface area (Å²) in [6.45, 7) is 4.23. The van der Waals surface area contributed by atoms with Gasteiger partial charge in [0.05, 0.1) is 13.2 Å². The van der Waals surface area contributed by atoms with Crippen LogP contribution in [0, 0.1) is 11.8 Å². The van der Waals surface area contributed by atoms with Crippen molar-refractivity contribution < 1.29 is 14.3 Å². The van der Waals surface area contributed by atoms with Gasteiger partial charge in [-0.05, 0) is 73.1 Å². The highest BCUT2D eigenvalue weighted by molar-refractivity contribution is 5.79. The lowest BCUT2D eigenvalue weighted by molar-refractivity contribution is -0.135. The minimum Gasteiger partial charge on any atom is -0.493 e. The predicted octanol–water partition coefficient (Wildman–Crippen LogP) is 3.93. The molecule has 2 aromatic heterocycles. The topological polar surface area (TPSA) is 90.9 Å². The third-order valence-electron chi connectivity index (χ3n) is 8.73. The van der Waals surface area contributed by atoms with Crippen LogP contribution in [-0.2, 0) is 29.1 Å². The van der Waals surface area contributed by atoms with E-state index in [-0.39, 0.29) is 30.2 Å². The number of aromatic nitrogens is 2. The number of likely N-dealkylation sites (N-methyl/N-ethyl adjacent to an activating group) is 1. The van der Waals surface area contributed by atoms with Crippen molar-refractivity contribution in [2.75, 3.05) is 51.8 Å². The zero-order chi connectivity index (χ0) is 30.0. The third-order valence-corrected chi connectivity index (χ3v) is 8.73. The number of anilines is 1. The molecule has 0 spiro atoms. The van der Waals surface area contributed by atoms with Crippen LogP contribution in [-0.4, -0.2) is 78.5 Å². The number of hydrogen-bond acceptors (Lipinski definition) is 7. The Kier molecular flexibility index (Phi) is 10.6. The summed E-state index contributed by atoms with van der Waals surface area (Å²) < 4.78 is 6.30. The molecule has 43 heavy (non-hydrogen) atoms. The number of pyridine rings is 2. The van der Waals surface area contributed by atoms with Gasteiger partial charge in [0.1, 0.15) is 5.75 Å². The minimum atomic E-state index is 0.119. The van der Waals surface area contributed by atoms with Gasteiger partial charge in [0.2, 0.25) is 11.8 Å². The van der Waals surface area contributed by atoms with Crippen LogP contribution in [0.15, 0.2) is 67.1 Å². The van der Waals surface area contributed by atoms with E-state index in [2.05, 4.69) is 45.4 Å². The normalized spacial score (nSPS) is 19.2. The Labute approximate surface area is 255 Å². The molecule has 4 heterocycles. The van der Waals surface area contributed by atoms with E-state index in [1.807, 2.05) is 48.5 Å². The SMILES string of the molecule is CN(Cc1cccnc1)C(=O)C[C@@H]1CCN2C[C@@H]1CCCOc1ccc(N(C)CCc3ccccn3)cc1CNCC2=O. The number of amides is 2. The van der Waals surface area contributed by atoms with Gasteiger partial charge in [-0.3, -0.25) is 19.6 Å². The fraction of sp³-hybridized carbons (Fsp3) is 0.471. The summed E-state index contributed by atoms with van der Waals surface area (Å²) in [5.41, 5.74) is 4.25. The first-order valence-electron chi connectivity index (χ1n) is 15.4. The van der Waals surface area contributed by atoms with Crippen molar-refractivity contribution in [2.24, 2.45) is 11.8 Å². The van der Waals surface area contributed by atoms with Crippen molar-refractivity contribution in [1.29, 1.82) is 0 Å². The van der Waals surface area contributed by atoms with Crippen LogP contribution in [0.2, 0.25) is 0 Å². The quantitative estimate of drug-likeness (QED) is 0.429. The zero-order valence-electron chi connectivity index (χ0n) is 25.5. The highest BCUT2D eigenvalue weighted by Gasteiger charge is 2.33. The van der Waals surface area contributed by atoms with Gasteiger partial charge in [0, 0.05) is 95.2 Å². The average molecular weight is 585 g/mol. The number of piperidine rings is 1. The number of carbonyl (C=O) groups is 2. The Morgan fingerprint density at radius 2 is 2.00 bits per heavy atom. The summed E-state index contributed by atoms with van der Waals surface area (Å²) in [6.07, 6.45) is 9.39. The third kappa shape index (κ3) is 8.54. The number of carbonyl (C=O) groups excluding carboxylic acids is 2. The van der Waals surface area contributed by atoms with E-state index in [0.717, 1.165) is 60.5 Å². The van der Waals surface area contributed by atoms with Crippen molar-refractivity contribution >= 4 is 17.5 Å². The molecule has 0 radical (unpaired) electrons. The van der Waals surface area contributed by atoms with Gasteiger partial charge in [0.25, 0.3) is 0 Å². The van der Waals surface area contributed by atoms with Crippen LogP contribution < -0.4 is 15.0 Å². The Balaban J connectivity index is 1.20. The van der Waals surface area contributed by atoms with Gasteiger partial charge in [-0.25, -0.2) is 0 Å². The first-order chi connectivity index (χ1) is 21.0. The lowest BCUT2D eigenvalue weighted by atomic mass is 9.80. The van der Waals surface area contributed by atoms with Gasteiger partial charge in [-0.2, -0.15) is 0 Å². The van der Waals surface area contributed by atoms with Crippen LogP contribution in [0.25, 0.3) is 0 Å². The fourth-order valence-electron chi connectivity index (χ4n) is 6.12. The fourth-order valence-corrected chi connectivity index (χ4v) is 6.12. The second-order valence-electron chi connectivity index (χ2n) is 11.8. The number of rotatable bonds is 8. The van der Waals surface area contributed by atoms with Crippen LogP contribution in [0.1, 0.15) is 42.5 Å². The van der Waals surface area contributed by atoms with Crippen molar-refractivity contribution in [2.45, 2.75) is 45.2 Å². The summed E-state index contributed by atoms with van der Waals surface area (Å²) in [4.78, 5) is 41.0. The maximum atomic E-state index is 13.2. The number of fused-ring (bicyclic) bond motifs is 3. The molecule has 1 fully saturated rings. The standard InChI is InChI=1S/C34H44N6O3/c1-38(16-13-30-9-3-4-15-37-30)31-10-11-32-29(19-31)22-36-23-34(42)40-17-12-27(28(25-40)8-6-18-43-32)20-33(41)39(2)24-26-7-5-14-35-21-26/h3-5,7,9-11,14-15,19,21,27-28,36H,6,8,12-13,16-18,20,22-25H2,1-2H3/t27-,28-/m0/s1. The Bertz CT molecular complexity index is 1340. The number of benzene rings is 1. The lowest BCUT2D eigenvalue weighted by Gasteiger charge is -2.39. The molecule has 1 saturated heterocycles. The first kappa shape index (κ1) is 30.5. The monoisotopic (exact) mass is 584 g/mol. The summed E-state index contributed by atoms with van der Waals surface area (Å²) in [5, 5.41) is 3.37. The average Bonchev–Trinajstić information content (AvgIpc) is 3.04. The molecule has 2 aliphatic rings. The summed E-state index contributed by atoms with van der Waals surface area (Å²) in [6, 6.07) is 16.2. The molecule has 3 aromatic rings. The molecule has 9 nitrogen and oxygen atoms in total. The second kappa shape index (κ2) is 15.0. The van der Waals surface area contributed by atoms with Crippen molar-refractivity contribution in [3.63, 3.8) is 0 Å². The van der Waals surface area contributed by atoms with E-state index in [1.165, 1.54) is 0 Å². The zero-order valence-corrected chi connectivity index (χ0v) is 25.5. The van der Waals surface area contributed by atoms with Crippen molar-refractivity contribution in [1.82, 2.24) is 25.1 Å². The molecule has 0 saturated carbocycles. The highest BCUT2D eigenvalue weighted by Crippen LogP contribution is 2.32. The molecule has 2 bridgehead atoms. The molecule has 2 aliphatic heterocycles. The molecule has 0 unspecified atom stereocenters. The second-order valence-corrected chi connectivity index (χ2v) is 11.8. The number of ether oxygens (including phenoxy) is 1. The van der Waals surface area contributed by atoms with Crippen LogP contribution in [0.3, 0.4) is 0 Å². The van der Waals surface area contributed by atoms with Crippen molar-refractivity contribution in [3.05, 3.63) is 83.9 Å². The summed E-state index contributed by atoms with van der Waals surface area (Å²) in [7, 11) is 3.95. The van der Waals surface area contributed by atoms with Gasteiger partial charge in [-0.1, -0.05) is 12.1 Å². The molecule has 1 aromatic carbocycles. The van der Waals surface area contributed by atoms with E-state index in [9.17, 15) is 9.59 Å². The molecule has 5 rings (SSSR count). The maximum Gasteiger partial charge on any atom is 0.236 e. The van der Waals surface area contributed by atoms with E-state index >= 15 is 0 Å². The van der Waals surface area contributed by atoms with Gasteiger partial charge >= 0.3 is 0 Å². The molecule has 0 aliphatic carbocycles. The van der Waals surface area contributed by atoms with Gasteiger partial charge < -0.3 is 24.8 Å². The summed E-state index contributed by atoms with van der Waals surface area (Å²) >= 11 is 0. The molecule has 228 valence electrons. The van der Waals surface area contributed by atoms with Gasteiger partial charge in [-0.15, -0.1) is 0 Å². The van der Waals surface area contributed by atoms with E-state index < -0.39 is 0 Å². The first-order valence-corrected chi connectivity index (χ1v) is 15.4. The highest BCUT2D eigenvalue weighted by atomic mass is 16.5. The van der Waals surface area contributed by atoms with Crippen LogP contribution in [0.5, 0.6) is 5.75 Å². The van der Waals surface area contributed by atoms with Crippen LogP contribution >= 0.6 is 0 Å². The molecule has 9 heteroatoms. The van der Waals surface area contributed by atoms with Crippen LogP contribution in [0.4, 0.5) is 5.69 Å². The minimum absolute atomic E-state index is 0.119. The predicted molar refractivity (Wildman–Crippen MR) is 168 cm³/mol. The largest absolute Gasteiger partial charge is 0.493 e. The Morgan fingerprint density at radius 1 is 1.09 bits per heavy atom. The molecule has 2 atom stereocenters. The number of nitrogens with zero attached hydrogens (tertiary/aromatic N) is 5. The Hall–Kier alpha value is -3.98. The van der Waals surface area contributed by atoms with E-state index in [4.69, 9.17) is 4.74 Å².